The van der Waals surface area contributed by atoms with Crippen LogP contribution < -0.4 is 0 Å². The van der Waals surface area contributed by atoms with Gasteiger partial charge in [-0.3, -0.25) is 4.79 Å². The van der Waals surface area contributed by atoms with E-state index >= 15 is 0 Å². The molecule has 0 amide bonds. The van der Waals surface area contributed by atoms with Gasteiger partial charge in [-0.1, -0.05) is 6.08 Å². The zero-order chi connectivity index (χ0) is 8.69. The summed E-state index contributed by atoms with van der Waals surface area (Å²) in [7, 11) is 0. The first kappa shape index (κ1) is 10.1. The van der Waals surface area contributed by atoms with E-state index < -0.39 is 0 Å². The van der Waals surface area contributed by atoms with Crippen LogP contribution in [0.25, 0.3) is 0 Å². The maximum Gasteiger partial charge on any atom is 0.152 e. The summed E-state index contributed by atoms with van der Waals surface area (Å²) < 4.78 is 0. The van der Waals surface area contributed by atoms with Crippen molar-refractivity contribution in [1.82, 2.24) is 0 Å². The lowest BCUT2D eigenvalue weighted by molar-refractivity contribution is -0.117. The first-order chi connectivity index (χ1) is 5.13. The molecule has 0 radical (unpaired) electrons. The molecule has 0 spiro atoms. The van der Waals surface area contributed by atoms with Gasteiger partial charge in [-0.2, -0.15) is 0 Å². The Morgan fingerprint density at radius 2 is 1.91 bits per heavy atom. The molecule has 0 bridgehead atoms. The molecule has 0 atom stereocenters. The maximum atomic E-state index is 10.4. The Kier molecular flexibility index (Phi) is 5.35. The molecule has 0 heterocycles. The van der Waals surface area contributed by atoms with E-state index in [2.05, 4.69) is 0 Å². The van der Waals surface area contributed by atoms with Gasteiger partial charge in [0.05, 0.1) is 0 Å². The highest BCUT2D eigenvalue weighted by Gasteiger charge is 1.90. The second kappa shape index (κ2) is 5.83. The van der Waals surface area contributed by atoms with Gasteiger partial charge in [0.15, 0.2) is 5.78 Å². The second-order valence-corrected chi connectivity index (χ2v) is 2.61. The minimum absolute atomic E-state index is 0.0628. The Hall–Kier alpha value is -0.920. The first-order valence-electron chi connectivity index (χ1n) is 3.79. The van der Waals surface area contributed by atoms with Gasteiger partial charge in [-0.05, 0) is 32.8 Å². The summed E-state index contributed by atoms with van der Waals surface area (Å²) in [6.45, 7) is 3.09. The topological polar surface area (TPSA) is 34.1 Å². The van der Waals surface area contributed by atoms with Gasteiger partial charge < -0.3 is 4.79 Å². The number of rotatable bonds is 5. The van der Waals surface area contributed by atoms with E-state index in [0.717, 1.165) is 12.8 Å². The third kappa shape index (κ3) is 9.08. The van der Waals surface area contributed by atoms with Crippen LogP contribution in [0.2, 0.25) is 0 Å². The molecule has 62 valence electrons. The minimum atomic E-state index is 0.0628. The third-order valence-electron chi connectivity index (χ3n) is 1.25. The first-order valence-corrected chi connectivity index (χ1v) is 3.79. The van der Waals surface area contributed by atoms with Crippen molar-refractivity contribution in [1.29, 1.82) is 0 Å². The standard InChI is InChI=1S/C9H14O2/c1-8(10)6-4-3-5-7-9(2)11/h4,6H,3,5,7H2,1-2H3. The maximum absolute atomic E-state index is 10.4. The van der Waals surface area contributed by atoms with Crippen molar-refractivity contribution in [2.75, 3.05) is 0 Å². The van der Waals surface area contributed by atoms with E-state index in [1.807, 2.05) is 6.08 Å². The summed E-state index contributed by atoms with van der Waals surface area (Å²) in [6.07, 6.45) is 5.63. The lowest BCUT2D eigenvalue weighted by Gasteiger charge is -1.89. The summed E-state index contributed by atoms with van der Waals surface area (Å²) in [4.78, 5) is 20.8. The van der Waals surface area contributed by atoms with Crippen molar-refractivity contribution in [2.24, 2.45) is 0 Å². The zero-order valence-electron chi connectivity index (χ0n) is 7.09. The largest absolute Gasteiger partial charge is 0.300 e. The number of hydrogen-bond acceptors (Lipinski definition) is 2. The average molecular weight is 154 g/mol. The van der Waals surface area contributed by atoms with Crippen LogP contribution in [0.4, 0.5) is 0 Å². The van der Waals surface area contributed by atoms with Gasteiger partial charge in [0.1, 0.15) is 5.78 Å². The highest BCUT2D eigenvalue weighted by molar-refractivity contribution is 5.87. The van der Waals surface area contributed by atoms with Crippen LogP contribution in [0.3, 0.4) is 0 Å². The normalized spacial score (nSPS) is 10.4. The van der Waals surface area contributed by atoms with E-state index in [-0.39, 0.29) is 11.6 Å². The molecule has 0 saturated heterocycles. The van der Waals surface area contributed by atoms with Crippen molar-refractivity contribution < 1.29 is 9.59 Å². The molecular formula is C9H14O2. The van der Waals surface area contributed by atoms with Crippen molar-refractivity contribution in [3.8, 4) is 0 Å². The van der Waals surface area contributed by atoms with Gasteiger partial charge in [0, 0.05) is 6.42 Å². The van der Waals surface area contributed by atoms with Gasteiger partial charge in [0.2, 0.25) is 0 Å². The fourth-order valence-corrected chi connectivity index (χ4v) is 0.718. The summed E-state index contributed by atoms with van der Waals surface area (Å²) in [5, 5.41) is 0. The van der Waals surface area contributed by atoms with Gasteiger partial charge in [-0.25, -0.2) is 0 Å². The molecule has 0 aliphatic carbocycles. The monoisotopic (exact) mass is 154 g/mol. The van der Waals surface area contributed by atoms with E-state index in [9.17, 15) is 9.59 Å². The predicted molar refractivity (Wildman–Crippen MR) is 44.4 cm³/mol. The SMILES string of the molecule is CC(=O)C=CCCCC(C)=O. The molecular weight excluding hydrogens is 140 g/mol. The molecule has 0 N–H and O–H groups in total. The van der Waals surface area contributed by atoms with E-state index in [1.54, 1.807) is 13.0 Å². The quantitative estimate of drug-likeness (QED) is 0.447. The van der Waals surface area contributed by atoms with Crippen molar-refractivity contribution in [2.45, 2.75) is 33.1 Å². The Morgan fingerprint density at radius 1 is 1.27 bits per heavy atom. The van der Waals surface area contributed by atoms with E-state index in [1.165, 1.54) is 6.92 Å². The summed E-state index contributed by atoms with van der Waals surface area (Å²) in [5.74, 6) is 0.272. The van der Waals surface area contributed by atoms with Crippen LogP contribution in [-0.4, -0.2) is 11.6 Å². The summed E-state index contributed by atoms with van der Waals surface area (Å²) in [5.41, 5.74) is 0. The minimum Gasteiger partial charge on any atom is -0.300 e. The smallest absolute Gasteiger partial charge is 0.152 e. The van der Waals surface area contributed by atoms with Gasteiger partial charge in [0.25, 0.3) is 0 Å². The van der Waals surface area contributed by atoms with Crippen LogP contribution in [-0.2, 0) is 9.59 Å². The molecule has 2 heteroatoms. The highest BCUT2D eigenvalue weighted by Crippen LogP contribution is 1.96. The van der Waals surface area contributed by atoms with Crippen LogP contribution in [0.5, 0.6) is 0 Å². The molecule has 0 saturated carbocycles. The third-order valence-corrected chi connectivity index (χ3v) is 1.25. The number of ketones is 2. The van der Waals surface area contributed by atoms with E-state index in [4.69, 9.17) is 0 Å². The Bertz CT molecular complexity index is 168. The number of carbonyl (C=O) groups is 2. The second-order valence-electron chi connectivity index (χ2n) is 2.61. The molecule has 0 aliphatic rings. The molecule has 0 unspecified atom stereocenters. The fourth-order valence-electron chi connectivity index (χ4n) is 0.718. The van der Waals surface area contributed by atoms with Gasteiger partial charge >= 0.3 is 0 Å². The van der Waals surface area contributed by atoms with Crippen LogP contribution in [0.1, 0.15) is 33.1 Å². The fraction of sp³-hybridized carbons (Fsp3) is 0.556. The highest BCUT2D eigenvalue weighted by atomic mass is 16.1. The molecule has 0 aliphatic heterocycles. The van der Waals surface area contributed by atoms with Crippen LogP contribution >= 0.6 is 0 Å². The molecule has 0 aromatic heterocycles. The number of unbranched alkanes of at least 4 members (excludes halogenated alkanes) is 1. The van der Waals surface area contributed by atoms with Crippen LogP contribution in [0.15, 0.2) is 12.2 Å². The number of carbonyl (C=O) groups excluding carboxylic acids is 2. The predicted octanol–water partition coefficient (Wildman–Crippen LogP) is 1.89. The van der Waals surface area contributed by atoms with Crippen LogP contribution in [0, 0.1) is 0 Å². The molecule has 2 nitrogen and oxygen atoms in total. The average Bonchev–Trinajstić information content (AvgIpc) is 1.85. The summed E-state index contributed by atoms with van der Waals surface area (Å²) in [6, 6.07) is 0. The lowest BCUT2D eigenvalue weighted by Crippen LogP contribution is -1.88. The zero-order valence-corrected chi connectivity index (χ0v) is 7.09. The van der Waals surface area contributed by atoms with Crippen molar-refractivity contribution in [3.63, 3.8) is 0 Å². The number of allylic oxidation sites excluding steroid dienone is 2. The van der Waals surface area contributed by atoms with E-state index in [0.29, 0.717) is 6.42 Å². The molecule has 0 aromatic rings. The molecule has 0 fully saturated rings. The Balaban J connectivity index is 3.27. The van der Waals surface area contributed by atoms with Gasteiger partial charge in [-0.15, -0.1) is 0 Å². The molecule has 0 aromatic carbocycles. The number of hydrogen-bond donors (Lipinski definition) is 0. The molecule has 11 heavy (non-hydrogen) atoms. The number of Topliss-reactive ketones (excluding diaryl/α,β-unsaturated/α-hetero) is 1. The lowest BCUT2D eigenvalue weighted by atomic mass is 10.2. The Morgan fingerprint density at radius 3 is 2.36 bits per heavy atom. The van der Waals surface area contributed by atoms with Crippen molar-refractivity contribution in [3.05, 3.63) is 12.2 Å². The summed E-state index contributed by atoms with van der Waals surface area (Å²) >= 11 is 0. The van der Waals surface area contributed by atoms with Crippen molar-refractivity contribution >= 4 is 11.6 Å². The Labute approximate surface area is 67.3 Å². The molecule has 0 rings (SSSR count).